The van der Waals surface area contributed by atoms with E-state index < -0.39 is 0 Å². The molecule has 2 heteroatoms. The molecule has 27 heavy (non-hydrogen) atoms. The van der Waals surface area contributed by atoms with Crippen LogP contribution in [-0.4, -0.2) is 12.6 Å². The summed E-state index contributed by atoms with van der Waals surface area (Å²) >= 11 is 0. The van der Waals surface area contributed by atoms with E-state index in [1.54, 1.807) is 0 Å². The Balaban J connectivity index is 3.27. The van der Waals surface area contributed by atoms with Crippen molar-refractivity contribution in [1.82, 2.24) is 0 Å². The van der Waals surface area contributed by atoms with Gasteiger partial charge < -0.3 is 4.74 Å². The summed E-state index contributed by atoms with van der Waals surface area (Å²) in [6, 6.07) is 0. The summed E-state index contributed by atoms with van der Waals surface area (Å²) in [5, 5.41) is 0. The number of esters is 1. The van der Waals surface area contributed by atoms with Crippen LogP contribution in [0.4, 0.5) is 0 Å². The Hall–Kier alpha value is -1.05. The van der Waals surface area contributed by atoms with Crippen LogP contribution in [0.25, 0.3) is 0 Å². The first kappa shape index (κ1) is 26.0. The number of allylic oxidation sites excluding steroid dienone is 4. The van der Waals surface area contributed by atoms with Gasteiger partial charge in [-0.25, -0.2) is 0 Å². The predicted molar refractivity (Wildman–Crippen MR) is 119 cm³/mol. The zero-order chi connectivity index (χ0) is 20.0. The van der Waals surface area contributed by atoms with Gasteiger partial charge in [-0.15, -0.1) is 0 Å². The minimum absolute atomic E-state index is 0.00905. The van der Waals surface area contributed by atoms with Gasteiger partial charge in [-0.1, -0.05) is 83.6 Å². The average Bonchev–Trinajstić information content (AvgIpc) is 2.64. The first-order valence-electron chi connectivity index (χ1n) is 11.6. The summed E-state index contributed by atoms with van der Waals surface area (Å²) in [6.07, 6.45) is 26.5. The highest BCUT2D eigenvalue weighted by Gasteiger charge is 2.02. The van der Waals surface area contributed by atoms with Crippen LogP contribution >= 0.6 is 0 Å². The molecule has 0 saturated heterocycles. The topological polar surface area (TPSA) is 26.3 Å². The Kier molecular flexibility index (Phi) is 20.4. The molecule has 2 nitrogen and oxygen atoms in total. The highest BCUT2D eigenvalue weighted by atomic mass is 16.5. The second-order valence-corrected chi connectivity index (χ2v) is 8.09. The van der Waals surface area contributed by atoms with Gasteiger partial charge in [0.15, 0.2) is 0 Å². The largest absolute Gasteiger partial charge is 0.466 e. The van der Waals surface area contributed by atoms with Crippen LogP contribution in [0.2, 0.25) is 0 Å². The van der Waals surface area contributed by atoms with Crippen molar-refractivity contribution in [2.45, 2.75) is 117 Å². The molecule has 0 aromatic carbocycles. The summed E-state index contributed by atoms with van der Waals surface area (Å²) in [5.74, 6) is 0.735. The second kappa shape index (κ2) is 21.3. The van der Waals surface area contributed by atoms with Gasteiger partial charge in [-0.2, -0.15) is 0 Å². The molecular formula is C25H46O2. The molecule has 0 atom stereocenters. The van der Waals surface area contributed by atoms with Crippen molar-refractivity contribution in [2.24, 2.45) is 5.92 Å². The lowest BCUT2D eigenvalue weighted by Crippen LogP contribution is -2.05. The van der Waals surface area contributed by atoms with E-state index in [2.05, 4.69) is 45.1 Å². The molecule has 0 spiro atoms. The molecule has 0 radical (unpaired) electrons. The van der Waals surface area contributed by atoms with Gasteiger partial charge in [0.05, 0.1) is 6.61 Å². The van der Waals surface area contributed by atoms with E-state index >= 15 is 0 Å². The quantitative estimate of drug-likeness (QED) is 0.129. The van der Waals surface area contributed by atoms with Crippen molar-refractivity contribution in [3.05, 3.63) is 24.3 Å². The molecule has 0 bridgehead atoms. The number of hydrogen-bond acceptors (Lipinski definition) is 2. The van der Waals surface area contributed by atoms with Crippen molar-refractivity contribution in [1.29, 1.82) is 0 Å². The number of rotatable bonds is 19. The second-order valence-electron chi connectivity index (χ2n) is 8.09. The van der Waals surface area contributed by atoms with Crippen LogP contribution in [0.1, 0.15) is 117 Å². The van der Waals surface area contributed by atoms with E-state index in [0.717, 1.165) is 38.0 Å². The minimum Gasteiger partial charge on any atom is -0.466 e. The molecule has 0 aromatic heterocycles. The lowest BCUT2D eigenvalue weighted by molar-refractivity contribution is -0.143. The van der Waals surface area contributed by atoms with E-state index in [4.69, 9.17) is 4.74 Å². The van der Waals surface area contributed by atoms with Gasteiger partial charge in [0, 0.05) is 6.42 Å². The maximum atomic E-state index is 11.6. The molecule has 0 fully saturated rings. The molecular weight excluding hydrogens is 332 g/mol. The van der Waals surface area contributed by atoms with E-state index in [0.29, 0.717) is 13.0 Å². The number of hydrogen-bond donors (Lipinski definition) is 0. The standard InChI is InChI=1S/C25H46O2/c1-4-5-6-7-8-9-10-11-12-13-14-15-16-17-18-22-25(26)27-23-20-19-21-24(2)3/h8-9,11-12,24H,4-7,10,13-23H2,1-3H3. The highest BCUT2D eigenvalue weighted by Crippen LogP contribution is 2.10. The average molecular weight is 379 g/mol. The zero-order valence-corrected chi connectivity index (χ0v) is 18.5. The Bertz CT molecular complexity index is 369. The zero-order valence-electron chi connectivity index (χ0n) is 18.5. The summed E-state index contributed by atoms with van der Waals surface area (Å²) in [4.78, 5) is 11.6. The van der Waals surface area contributed by atoms with Crippen LogP contribution < -0.4 is 0 Å². The highest BCUT2D eigenvalue weighted by molar-refractivity contribution is 5.69. The summed E-state index contributed by atoms with van der Waals surface area (Å²) in [6.45, 7) is 7.31. The van der Waals surface area contributed by atoms with Crippen molar-refractivity contribution in [3.63, 3.8) is 0 Å². The summed E-state index contributed by atoms with van der Waals surface area (Å²) in [7, 11) is 0. The van der Waals surface area contributed by atoms with E-state index in [1.807, 2.05) is 0 Å². The fourth-order valence-corrected chi connectivity index (χ4v) is 2.99. The van der Waals surface area contributed by atoms with Gasteiger partial charge in [0.1, 0.15) is 0 Å². The first-order valence-corrected chi connectivity index (χ1v) is 11.6. The smallest absolute Gasteiger partial charge is 0.305 e. The van der Waals surface area contributed by atoms with E-state index in [1.165, 1.54) is 57.8 Å². The Morgan fingerprint density at radius 1 is 0.778 bits per heavy atom. The maximum Gasteiger partial charge on any atom is 0.305 e. The van der Waals surface area contributed by atoms with Crippen molar-refractivity contribution < 1.29 is 9.53 Å². The number of unbranched alkanes of at least 4 members (excludes halogenated alkanes) is 9. The normalized spacial score (nSPS) is 11.9. The number of carbonyl (C=O) groups excluding carboxylic acids is 1. The third-order valence-corrected chi connectivity index (χ3v) is 4.77. The molecule has 0 amide bonds. The summed E-state index contributed by atoms with van der Waals surface area (Å²) in [5.41, 5.74) is 0. The van der Waals surface area contributed by atoms with Gasteiger partial charge in [-0.3, -0.25) is 4.79 Å². The molecule has 0 aliphatic carbocycles. The fourth-order valence-electron chi connectivity index (χ4n) is 2.99. The third kappa shape index (κ3) is 22.9. The van der Waals surface area contributed by atoms with Crippen LogP contribution in [0.3, 0.4) is 0 Å². The van der Waals surface area contributed by atoms with Crippen LogP contribution in [0.5, 0.6) is 0 Å². The Morgan fingerprint density at radius 2 is 1.41 bits per heavy atom. The van der Waals surface area contributed by atoms with Crippen molar-refractivity contribution in [3.8, 4) is 0 Å². The molecule has 0 aliphatic heterocycles. The Morgan fingerprint density at radius 3 is 2.07 bits per heavy atom. The molecule has 0 aliphatic rings. The SMILES string of the molecule is CCCCCC=CCC=CCCCCCCCC(=O)OCCCCC(C)C. The molecule has 0 heterocycles. The minimum atomic E-state index is -0.00905. The third-order valence-electron chi connectivity index (χ3n) is 4.77. The summed E-state index contributed by atoms with van der Waals surface area (Å²) < 4.78 is 5.29. The van der Waals surface area contributed by atoms with Gasteiger partial charge >= 0.3 is 5.97 Å². The molecule has 0 saturated carbocycles. The first-order chi connectivity index (χ1) is 13.2. The molecule has 0 N–H and O–H groups in total. The lowest BCUT2D eigenvalue weighted by Gasteiger charge is -2.06. The molecule has 158 valence electrons. The van der Waals surface area contributed by atoms with E-state index in [-0.39, 0.29) is 5.97 Å². The molecule has 0 rings (SSSR count). The van der Waals surface area contributed by atoms with Crippen LogP contribution in [-0.2, 0) is 9.53 Å². The van der Waals surface area contributed by atoms with Crippen molar-refractivity contribution >= 4 is 5.97 Å². The van der Waals surface area contributed by atoms with Gasteiger partial charge in [0.2, 0.25) is 0 Å². The van der Waals surface area contributed by atoms with Crippen LogP contribution in [0, 0.1) is 5.92 Å². The number of carbonyl (C=O) groups is 1. The lowest BCUT2D eigenvalue weighted by atomic mass is 10.1. The molecule has 0 unspecified atom stereocenters. The number of ether oxygens (including phenoxy) is 1. The Labute approximate surface area is 169 Å². The maximum absolute atomic E-state index is 11.6. The van der Waals surface area contributed by atoms with Crippen molar-refractivity contribution in [2.75, 3.05) is 6.61 Å². The predicted octanol–water partition coefficient (Wildman–Crippen LogP) is 8.17. The van der Waals surface area contributed by atoms with E-state index in [9.17, 15) is 4.79 Å². The van der Waals surface area contributed by atoms with Gasteiger partial charge in [-0.05, 0) is 57.3 Å². The van der Waals surface area contributed by atoms with Crippen LogP contribution in [0.15, 0.2) is 24.3 Å². The monoisotopic (exact) mass is 378 g/mol. The molecule has 0 aromatic rings. The van der Waals surface area contributed by atoms with Gasteiger partial charge in [0.25, 0.3) is 0 Å². The fraction of sp³-hybridized carbons (Fsp3) is 0.800.